The normalized spacial score (nSPS) is 6.08. The number of carbonyl (C=O) groups is 7. The standard InChI is InChI=1S/7CH2O4.Al.Mg.Zn/c7*2-1(3)5-4;;;/h7*4H,(H,2,3);;;/q;;;;;;;+3;2*+2/p-7. The minimum atomic E-state index is -1.80. The fraction of sp³-hybridized carbons (Fsp3) is 0. The predicted octanol–water partition coefficient (Wildman–Crippen LogP) is -8.07. The minimum Gasteiger partial charge on any atom is -0.659 e. The van der Waals surface area contributed by atoms with Gasteiger partial charge in [0.2, 0.25) is 0 Å². The van der Waals surface area contributed by atoms with E-state index in [1.54, 1.807) is 0 Å². The summed E-state index contributed by atoms with van der Waals surface area (Å²) in [5.41, 5.74) is 0. The minimum absolute atomic E-state index is 0. The van der Waals surface area contributed by atoms with Gasteiger partial charge in [-0.15, -0.1) is 0 Å². The van der Waals surface area contributed by atoms with Crippen LogP contribution in [0.1, 0.15) is 0 Å². The van der Waals surface area contributed by atoms with Crippen LogP contribution in [0.25, 0.3) is 0 Å². The Morgan fingerprint density at radius 3 is 0.368 bits per heavy atom. The summed E-state index contributed by atoms with van der Waals surface area (Å²) in [5, 5.41) is 110. The van der Waals surface area contributed by atoms with Gasteiger partial charge in [0.15, 0.2) is 0 Å². The van der Waals surface area contributed by atoms with Crippen molar-refractivity contribution in [2.75, 3.05) is 0 Å². The Bertz CT molecular complexity index is 430. The summed E-state index contributed by atoms with van der Waals surface area (Å²) >= 11 is 0. The van der Waals surface area contributed by atoms with E-state index in [1.165, 1.54) is 0 Å². The third kappa shape index (κ3) is 292. The predicted molar refractivity (Wildman–Crippen MR) is 75.3 cm³/mol. The van der Waals surface area contributed by atoms with Crippen LogP contribution in [0.5, 0.6) is 0 Å². The van der Waals surface area contributed by atoms with Gasteiger partial charge in [0.25, 0.3) is 0 Å². The SMILES string of the molecule is O=C(O)O[O-].O=C(O)O[O-].O=C(O)O[O-].O=C(O)O[O-].O=C(O)O[O-].O=C(O)O[O-].O=C(O)O[O-].[Al+3].[Mg+2].[Zn+2]. The summed E-state index contributed by atoms with van der Waals surface area (Å²) in [6.07, 6.45) is -12.6. The van der Waals surface area contributed by atoms with Crippen LogP contribution in [0.4, 0.5) is 33.6 Å². The van der Waals surface area contributed by atoms with Crippen molar-refractivity contribution in [1.82, 2.24) is 0 Å². The number of hydrogen-bond donors (Lipinski definition) is 7. The molecule has 210 valence electrons. The second kappa shape index (κ2) is 59.0. The Morgan fingerprint density at radius 2 is 0.368 bits per heavy atom. The van der Waals surface area contributed by atoms with E-state index in [0.717, 1.165) is 0 Å². The molecule has 7 N–H and O–H groups in total. The van der Waals surface area contributed by atoms with E-state index in [9.17, 15) is 0 Å². The van der Waals surface area contributed by atoms with Crippen LogP contribution in [-0.4, -0.2) is 119 Å². The third-order valence-corrected chi connectivity index (χ3v) is 0.499. The molecule has 0 saturated carbocycles. The molecule has 0 bridgehead atoms. The molecule has 0 aliphatic rings. The van der Waals surface area contributed by atoms with Crippen molar-refractivity contribution in [2.45, 2.75) is 0 Å². The molecule has 0 amide bonds. The maximum atomic E-state index is 8.83. The van der Waals surface area contributed by atoms with Gasteiger partial charge in [-0.3, -0.25) is 0 Å². The summed E-state index contributed by atoms with van der Waals surface area (Å²) in [4.78, 5) is 78.8. The molecule has 38 heavy (non-hydrogen) atoms. The van der Waals surface area contributed by atoms with Crippen molar-refractivity contribution in [3.05, 3.63) is 0 Å². The van der Waals surface area contributed by atoms with Gasteiger partial charge in [0, 0.05) is 0 Å². The van der Waals surface area contributed by atoms with E-state index in [-0.39, 0.29) is 59.9 Å². The quantitative estimate of drug-likeness (QED) is 0.0723. The number of carboxylic acid groups (broad SMARTS) is 7. The van der Waals surface area contributed by atoms with Crippen LogP contribution >= 0.6 is 0 Å². The van der Waals surface area contributed by atoms with Gasteiger partial charge in [-0.25, -0.2) is 33.6 Å². The third-order valence-electron chi connectivity index (χ3n) is 0.499. The molecule has 0 atom stereocenters. The van der Waals surface area contributed by atoms with Crippen LogP contribution in [0.15, 0.2) is 0 Å². The van der Waals surface area contributed by atoms with Gasteiger partial charge in [0.05, 0.1) is 0 Å². The smallest absolute Gasteiger partial charge is 0.659 e. The van der Waals surface area contributed by atoms with Crippen LogP contribution in [0.2, 0.25) is 0 Å². The maximum absolute atomic E-state index is 8.83. The van der Waals surface area contributed by atoms with Crippen molar-refractivity contribution in [2.24, 2.45) is 0 Å². The topological polar surface area (TPSA) is 487 Å². The fourth-order valence-electron chi connectivity index (χ4n) is 0. The largest absolute Gasteiger partial charge is 3.00 e. The van der Waals surface area contributed by atoms with E-state index in [4.69, 9.17) is 106 Å². The first-order valence-corrected chi connectivity index (χ1v) is 5.59. The molecule has 0 aromatic rings. The summed E-state index contributed by atoms with van der Waals surface area (Å²) in [7, 11) is 0. The van der Waals surface area contributed by atoms with Crippen LogP contribution in [0.3, 0.4) is 0 Å². The van der Waals surface area contributed by atoms with Crippen molar-refractivity contribution >= 4 is 83.5 Å². The maximum Gasteiger partial charge on any atom is 3.00 e. The number of hydrogen-bond acceptors (Lipinski definition) is 21. The zero-order valence-corrected chi connectivity index (χ0v) is 22.7. The van der Waals surface area contributed by atoms with Gasteiger partial charge < -0.3 is 107 Å². The Morgan fingerprint density at radius 1 is 0.342 bits per heavy atom. The van der Waals surface area contributed by atoms with E-state index >= 15 is 0 Å². The van der Waals surface area contributed by atoms with Crippen LogP contribution in [0, 0.1) is 0 Å². The van der Waals surface area contributed by atoms with Crippen molar-refractivity contribution in [3.8, 4) is 0 Å². The second-order valence-corrected chi connectivity index (χ2v) is 2.44. The molecule has 0 rings (SSSR count). The number of rotatable bonds is 0. The molecule has 0 spiro atoms. The second-order valence-electron chi connectivity index (χ2n) is 2.44. The fourth-order valence-corrected chi connectivity index (χ4v) is 0. The van der Waals surface area contributed by atoms with E-state index in [2.05, 4.69) is 34.2 Å². The molecule has 0 saturated heterocycles. The zero-order chi connectivity index (χ0) is 30.0. The molecule has 0 radical (unpaired) electrons. The molecular formula is C7H7AlMgO28Zn. The summed E-state index contributed by atoms with van der Waals surface area (Å²) in [6.45, 7) is 0. The molecule has 0 aromatic carbocycles. The molecule has 0 aliphatic heterocycles. The molecule has 0 fully saturated rings. The van der Waals surface area contributed by atoms with Crippen molar-refractivity contribution in [1.29, 1.82) is 0 Å². The van der Waals surface area contributed by atoms with Crippen LogP contribution < -0.4 is 36.8 Å². The molecule has 31 heteroatoms. The van der Waals surface area contributed by atoms with Crippen molar-refractivity contribution < 1.29 is 160 Å². The van der Waals surface area contributed by atoms with Gasteiger partial charge in [-0.05, 0) is 0 Å². The molecule has 0 aliphatic carbocycles. The first-order valence-electron chi connectivity index (χ1n) is 5.59. The Hall–Kier alpha value is -3.47. The monoisotopic (exact) mass is 654 g/mol. The van der Waals surface area contributed by atoms with Gasteiger partial charge in [0.1, 0.15) is 0 Å². The Labute approximate surface area is 243 Å². The summed E-state index contributed by atoms with van der Waals surface area (Å²) < 4.78 is 0. The van der Waals surface area contributed by atoms with E-state index < -0.39 is 43.1 Å². The summed E-state index contributed by atoms with van der Waals surface area (Å²) in [6, 6.07) is 0. The molecule has 0 aromatic heterocycles. The summed E-state index contributed by atoms with van der Waals surface area (Å²) in [5.74, 6) is 0. The molecule has 0 unspecified atom stereocenters. The average Bonchev–Trinajstić information content (AvgIpc) is 2.80. The Kier molecular flexibility index (Phi) is 100. The van der Waals surface area contributed by atoms with Crippen molar-refractivity contribution in [3.63, 3.8) is 0 Å². The van der Waals surface area contributed by atoms with Gasteiger partial charge in [-0.1, -0.05) is 0 Å². The first-order chi connectivity index (χ1) is 15.9. The first kappa shape index (κ1) is 64.5. The van der Waals surface area contributed by atoms with E-state index in [0.29, 0.717) is 0 Å². The Balaban J connectivity index is -0.0000000297. The van der Waals surface area contributed by atoms with E-state index in [1.807, 2.05) is 0 Å². The zero-order valence-electron chi connectivity index (χ0n) is 17.2. The van der Waals surface area contributed by atoms with Gasteiger partial charge >= 0.3 is 103 Å². The van der Waals surface area contributed by atoms with Crippen LogP contribution in [-0.2, 0) is 53.7 Å². The molecule has 0 heterocycles. The average molecular weight is 656 g/mol. The van der Waals surface area contributed by atoms with Gasteiger partial charge in [-0.2, -0.15) is 0 Å². The molecular weight excluding hydrogens is 649 g/mol. The molecule has 28 nitrogen and oxygen atoms in total.